The van der Waals surface area contributed by atoms with Crippen LogP contribution in [0.15, 0.2) is 36.4 Å². The van der Waals surface area contributed by atoms with E-state index in [1.54, 1.807) is 13.0 Å². The number of urea groups is 1. The number of amides is 3. The van der Waals surface area contributed by atoms with Gasteiger partial charge in [0.2, 0.25) is 5.91 Å². The Balaban J connectivity index is 1.68. The molecule has 13 heteroatoms. The van der Waals surface area contributed by atoms with Crippen LogP contribution in [0.3, 0.4) is 0 Å². The Bertz CT molecular complexity index is 1300. The minimum absolute atomic E-state index is 0.0451. The Labute approximate surface area is 232 Å². The van der Waals surface area contributed by atoms with Gasteiger partial charge < -0.3 is 20.9 Å². The summed E-state index contributed by atoms with van der Waals surface area (Å²) in [6.07, 6.45) is -8.16. The second-order valence-electron chi connectivity index (χ2n) is 11.0. The maximum absolute atomic E-state index is 13.9. The van der Waals surface area contributed by atoms with Crippen molar-refractivity contribution in [2.75, 3.05) is 13.6 Å². The molecule has 3 N–H and O–H groups in total. The van der Waals surface area contributed by atoms with Crippen molar-refractivity contribution in [2.45, 2.75) is 75.5 Å². The Hall–Kier alpha value is -3.35. The SMILES string of the molecule is Cc1cc(F)ccc1[C@H]1C[C@]2(CCC(C(N)=O)N2)CCN1C(=O)N(C)[C@H](C)c1cc(C(F)(F)F)cc(C(F)(F)F)c1. The summed E-state index contributed by atoms with van der Waals surface area (Å²) in [6, 6.07) is 2.49. The van der Waals surface area contributed by atoms with Crippen molar-refractivity contribution in [3.05, 3.63) is 70.0 Å². The van der Waals surface area contributed by atoms with Gasteiger partial charge in [0.05, 0.1) is 29.3 Å². The van der Waals surface area contributed by atoms with E-state index in [2.05, 4.69) is 5.32 Å². The fraction of sp³-hybridized carbons (Fsp3) is 0.500. The molecule has 4 rings (SSSR count). The van der Waals surface area contributed by atoms with Crippen LogP contribution in [0.4, 0.5) is 35.5 Å². The Kier molecular flexibility index (Phi) is 8.07. The number of hydrogen-bond acceptors (Lipinski definition) is 3. The number of nitrogens with zero attached hydrogens (tertiary/aromatic N) is 2. The van der Waals surface area contributed by atoms with E-state index >= 15 is 0 Å². The highest BCUT2D eigenvalue weighted by Gasteiger charge is 2.48. The van der Waals surface area contributed by atoms with Crippen LogP contribution in [-0.4, -0.2) is 46.9 Å². The van der Waals surface area contributed by atoms with Crippen LogP contribution in [0.1, 0.15) is 72.5 Å². The predicted molar refractivity (Wildman–Crippen MR) is 136 cm³/mol. The minimum Gasteiger partial charge on any atom is -0.368 e. The number of nitrogens with two attached hydrogens (primary N) is 1. The van der Waals surface area contributed by atoms with Crippen molar-refractivity contribution in [3.63, 3.8) is 0 Å². The zero-order chi connectivity index (χ0) is 30.5. The van der Waals surface area contributed by atoms with E-state index in [9.17, 15) is 40.3 Å². The predicted octanol–water partition coefficient (Wildman–Crippen LogP) is 6.10. The molecular weight excluding hydrogens is 557 g/mol. The van der Waals surface area contributed by atoms with Crippen molar-refractivity contribution >= 4 is 11.9 Å². The van der Waals surface area contributed by atoms with Crippen LogP contribution in [0.2, 0.25) is 0 Å². The molecule has 0 radical (unpaired) electrons. The van der Waals surface area contributed by atoms with E-state index in [0.29, 0.717) is 48.9 Å². The first-order valence-corrected chi connectivity index (χ1v) is 13.1. The number of primary amides is 1. The lowest BCUT2D eigenvalue weighted by Gasteiger charge is -2.47. The van der Waals surface area contributed by atoms with E-state index < -0.39 is 64.9 Å². The van der Waals surface area contributed by atoms with Gasteiger partial charge in [0.25, 0.3) is 0 Å². The van der Waals surface area contributed by atoms with Crippen molar-refractivity contribution in [1.29, 1.82) is 0 Å². The normalized spacial score (nSPS) is 24.0. The van der Waals surface area contributed by atoms with Crippen LogP contribution in [-0.2, 0) is 17.1 Å². The van der Waals surface area contributed by atoms with E-state index in [0.717, 1.165) is 4.90 Å². The molecule has 1 spiro atoms. The number of likely N-dealkylation sites (tertiary alicyclic amines) is 1. The van der Waals surface area contributed by atoms with Gasteiger partial charge in [0.15, 0.2) is 0 Å². The first-order valence-electron chi connectivity index (χ1n) is 13.1. The second kappa shape index (κ2) is 10.8. The van der Waals surface area contributed by atoms with Crippen LogP contribution in [0.5, 0.6) is 0 Å². The molecule has 2 fully saturated rings. The average molecular weight is 589 g/mol. The molecule has 2 aromatic rings. The molecule has 0 aliphatic carbocycles. The molecule has 2 aromatic carbocycles. The van der Waals surface area contributed by atoms with Crippen molar-refractivity contribution in [2.24, 2.45) is 5.73 Å². The number of carbonyl (C=O) groups excluding carboxylic acids is 2. The van der Waals surface area contributed by atoms with Gasteiger partial charge in [-0.2, -0.15) is 26.3 Å². The van der Waals surface area contributed by atoms with Crippen LogP contribution < -0.4 is 11.1 Å². The van der Waals surface area contributed by atoms with Crippen LogP contribution in [0, 0.1) is 12.7 Å². The monoisotopic (exact) mass is 588 g/mol. The lowest BCUT2D eigenvalue weighted by Crippen LogP contribution is -2.57. The maximum atomic E-state index is 13.9. The molecule has 2 saturated heterocycles. The van der Waals surface area contributed by atoms with Gasteiger partial charge in [0.1, 0.15) is 5.82 Å². The van der Waals surface area contributed by atoms with Crippen LogP contribution >= 0.6 is 0 Å². The molecule has 0 aromatic heterocycles. The van der Waals surface area contributed by atoms with E-state index in [1.807, 2.05) is 0 Å². The third-order valence-electron chi connectivity index (χ3n) is 8.34. The van der Waals surface area contributed by atoms with Gasteiger partial charge in [-0.15, -0.1) is 0 Å². The molecule has 0 saturated carbocycles. The smallest absolute Gasteiger partial charge is 0.368 e. The number of aryl methyl sites for hydroxylation is 1. The number of rotatable bonds is 4. The number of benzene rings is 2. The number of hydrogen-bond donors (Lipinski definition) is 2. The van der Waals surface area contributed by atoms with E-state index in [4.69, 9.17) is 5.73 Å². The number of nitrogens with one attached hydrogen (secondary N) is 1. The molecule has 41 heavy (non-hydrogen) atoms. The molecule has 6 nitrogen and oxygen atoms in total. The molecule has 4 atom stereocenters. The highest BCUT2D eigenvalue weighted by Crippen LogP contribution is 2.44. The molecule has 1 unspecified atom stereocenters. The third-order valence-corrected chi connectivity index (χ3v) is 8.34. The van der Waals surface area contributed by atoms with Crippen LogP contribution in [0.25, 0.3) is 0 Å². The molecule has 224 valence electrons. The molecule has 3 amide bonds. The van der Waals surface area contributed by atoms with Gasteiger partial charge >= 0.3 is 18.4 Å². The van der Waals surface area contributed by atoms with Crippen molar-refractivity contribution in [3.8, 4) is 0 Å². The number of carbonyl (C=O) groups is 2. The van der Waals surface area contributed by atoms with Gasteiger partial charge in [0, 0.05) is 19.1 Å². The van der Waals surface area contributed by atoms with Crippen molar-refractivity contribution < 1.29 is 40.3 Å². The quantitative estimate of drug-likeness (QED) is 0.424. The summed E-state index contributed by atoms with van der Waals surface area (Å²) in [5, 5.41) is 3.30. The van der Waals surface area contributed by atoms with Gasteiger partial charge in [-0.25, -0.2) is 9.18 Å². The van der Waals surface area contributed by atoms with Gasteiger partial charge in [-0.05, 0) is 86.6 Å². The van der Waals surface area contributed by atoms with Gasteiger partial charge in [-0.3, -0.25) is 4.79 Å². The summed E-state index contributed by atoms with van der Waals surface area (Å²) < 4.78 is 94.7. The number of piperidine rings is 1. The Morgan fingerprint density at radius 3 is 2.17 bits per heavy atom. The zero-order valence-corrected chi connectivity index (χ0v) is 22.7. The number of alkyl halides is 6. The van der Waals surface area contributed by atoms with E-state index in [1.165, 1.54) is 31.0 Å². The summed E-state index contributed by atoms with van der Waals surface area (Å²) >= 11 is 0. The maximum Gasteiger partial charge on any atom is 0.416 e. The lowest BCUT2D eigenvalue weighted by atomic mass is 9.79. The average Bonchev–Trinajstić information content (AvgIpc) is 3.29. The fourth-order valence-electron chi connectivity index (χ4n) is 5.91. The molecule has 0 bridgehead atoms. The molecule has 2 aliphatic heterocycles. The topological polar surface area (TPSA) is 78.7 Å². The van der Waals surface area contributed by atoms with Crippen molar-refractivity contribution in [1.82, 2.24) is 15.1 Å². The highest BCUT2D eigenvalue weighted by atomic mass is 19.4. The summed E-state index contributed by atoms with van der Waals surface area (Å²) in [6.45, 7) is 3.21. The van der Waals surface area contributed by atoms with E-state index in [-0.39, 0.29) is 18.2 Å². The Morgan fingerprint density at radius 1 is 1.05 bits per heavy atom. The lowest BCUT2D eigenvalue weighted by molar-refractivity contribution is -0.143. The second-order valence-corrected chi connectivity index (χ2v) is 11.0. The molecule has 2 aliphatic rings. The third kappa shape index (κ3) is 6.29. The number of halogens is 7. The summed E-state index contributed by atoms with van der Waals surface area (Å²) in [5.41, 5.74) is 2.91. The summed E-state index contributed by atoms with van der Waals surface area (Å²) in [5.74, 6) is -0.971. The highest BCUT2D eigenvalue weighted by molar-refractivity contribution is 5.80. The molecular formula is C28H31F7N4O2. The first kappa shape index (κ1) is 30.6. The zero-order valence-electron chi connectivity index (χ0n) is 22.7. The first-order chi connectivity index (χ1) is 18.9. The summed E-state index contributed by atoms with van der Waals surface area (Å²) in [4.78, 5) is 28.3. The largest absolute Gasteiger partial charge is 0.416 e. The van der Waals surface area contributed by atoms with Gasteiger partial charge in [-0.1, -0.05) is 6.07 Å². The summed E-state index contributed by atoms with van der Waals surface area (Å²) in [7, 11) is 1.32. The minimum atomic E-state index is -5.03. The Morgan fingerprint density at radius 2 is 1.66 bits per heavy atom. The molecule has 2 heterocycles. The fourth-order valence-corrected chi connectivity index (χ4v) is 5.91. The standard InChI is InChI=1S/C28H31F7N4O2/c1-15-10-20(29)4-5-21(15)23-14-26(7-6-22(37-26)24(36)40)8-9-39(23)25(41)38(3)16(2)17-11-18(27(30,31)32)13-19(12-17)28(33,34)35/h4-5,10-13,16,22-23,37H,6-9,14H2,1-3H3,(H2,36,40)/t16-,22?,23-,26+/m1/s1.